The molecule has 0 bridgehead atoms. The highest BCUT2D eigenvalue weighted by Crippen LogP contribution is 2.27. The van der Waals surface area contributed by atoms with E-state index in [2.05, 4.69) is 20.6 Å². The molecular weight excluding hydrogens is 372 g/mol. The van der Waals surface area contributed by atoms with Crippen LogP contribution in [0.5, 0.6) is 17.2 Å². The number of nitrogens with one attached hydrogen (secondary N) is 2. The largest absolute Gasteiger partial charge is 0.495 e. The van der Waals surface area contributed by atoms with E-state index in [1.54, 1.807) is 33.5 Å². The summed E-state index contributed by atoms with van der Waals surface area (Å²) in [5, 5.41) is 5.90. The summed E-state index contributed by atoms with van der Waals surface area (Å²) in [5.74, 6) is 1.87. The van der Waals surface area contributed by atoms with Crippen LogP contribution in [0.1, 0.15) is 16.1 Å². The number of carbonyl (C=O) groups excluding carboxylic acids is 1. The van der Waals surface area contributed by atoms with Crippen LogP contribution in [0.2, 0.25) is 0 Å². The van der Waals surface area contributed by atoms with Gasteiger partial charge in [0.25, 0.3) is 5.91 Å². The van der Waals surface area contributed by atoms with Crippen molar-refractivity contribution in [2.75, 3.05) is 26.6 Å². The van der Waals surface area contributed by atoms with Crippen molar-refractivity contribution in [3.05, 3.63) is 66.0 Å². The lowest BCUT2D eigenvalue weighted by molar-refractivity contribution is 0.0946. The molecule has 29 heavy (non-hydrogen) atoms. The first-order chi connectivity index (χ1) is 14.1. The number of anilines is 2. The third kappa shape index (κ3) is 4.92. The number of hydrogen-bond donors (Lipinski definition) is 2. The Morgan fingerprint density at radius 2 is 1.69 bits per heavy atom. The van der Waals surface area contributed by atoms with E-state index in [1.165, 1.54) is 6.20 Å². The fourth-order valence-corrected chi connectivity index (χ4v) is 2.68. The van der Waals surface area contributed by atoms with Gasteiger partial charge in [-0.25, -0.2) is 9.97 Å². The molecule has 0 radical (unpaired) electrons. The van der Waals surface area contributed by atoms with Gasteiger partial charge in [0.2, 0.25) is 5.95 Å². The molecular formula is C21H22N4O4. The fraction of sp³-hybridized carbons (Fsp3) is 0.190. The molecule has 1 aromatic heterocycles. The minimum Gasteiger partial charge on any atom is -0.495 e. The van der Waals surface area contributed by atoms with Crippen LogP contribution in [0.25, 0.3) is 0 Å². The zero-order valence-electron chi connectivity index (χ0n) is 16.4. The lowest BCUT2D eigenvalue weighted by atomic mass is 10.2. The summed E-state index contributed by atoms with van der Waals surface area (Å²) in [6, 6.07) is 14.4. The molecule has 8 nitrogen and oxygen atoms in total. The first-order valence-corrected chi connectivity index (χ1v) is 8.86. The Balaban J connectivity index is 1.68. The van der Waals surface area contributed by atoms with Crippen molar-refractivity contribution in [1.82, 2.24) is 15.3 Å². The monoisotopic (exact) mass is 394 g/mol. The van der Waals surface area contributed by atoms with Gasteiger partial charge in [-0.15, -0.1) is 0 Å². The average Bonchev–Trinajstić information content (AvgIpc) is 2.77. The maximum absolute atomic E-state index is 12.5. The molecule has 1 amide bonds. The molecule has 0 unspecified atom stereocenters. The smallest absolute Gasteiger partial charge is 0.270 e. The predicted molar refractivity (Wildman–Crippen MR) is 109 cm³/mol. The number of para-hydroxylation sites is 2. The second-order valence-electron chi connectivity index (χ2n) is 5.96. The molecule has 0 aliphatic rings. The van der Waals surface area contributed by atoms with E-state index in [-0.39, 0.29) is 11.6 Å². The van der Waals surface area contributed by atoms with Gasteiger partial charge in [0.15, 0.2) is 11.5 Å². The lowest BCUT2D eigenvalue weighted by Crippen LogP contribution is -2.24. The minimum atomic E-state index is -0.315. The Kier molecular flexibility index (Phi) is 6.47. The van der Waals surface area contributed by atoms with Crippen molar-refractivity contribution in [3.8, 4) is 17.2 Å². The van der Waals surface area contributed by atoms with Crippen LogP contribution in [0, 0.1) is 0 Å². The summed E-state index contributed by atoms with van der Waals surface area (Å²) in [4.78, 5) is 21.0. The molecule has 0 saturated carbocycles. The molecule has 0 aliphatic heterocycles. The Labute approximate surface area is 168 Å². The van der Waals surface area contributed by atoms with Gasteiger partial charge < -0.3 is 24.8 Å². The van der Waals surface area contributed by atoms with Crippen molar-refractivity contribution in [1.29, 1.82) is 0 Å². The van der Waals surface area contributed by atoms with Gasteiger partial charge in [0.05, 0.1) is 27.0 Å². The first kappa shape index (κ1) is 19.9. The number of methoxy groups -OCH3 is 3. The van der Waals surface area contributed by atoms with Gasteiger partial charge >= 0.3 is 0 Å². The number of aromatic nitrogens is 2. The van der Waals surface area contributed by atoms with E-state index in [0.717, 1.165) is 5.56 Å². The number of nitrogens with zero attached hydrogens (tertiary/aromatic N) is 2. The maximum atomic E-state index is 12.5. The summed E-state index contributed by atoms with van der Waals surface area (Å²) in [7, 11) is 4.72. The molecule has 1 heterocycles. The highest BCUT2D eigenvalue weighted by Gasteiger charge is 2.11. The first-order valence-electron chi connectivity index (χ1n) is 8.86. The second-order valence-corrected chi connectivity index (χ2v) is 5.96. The van der Waals surface area contributed by atoms with Crippen molar-refractivity contribution in [2.24, 2.45) is 0 Å². The summed E-state index contributed by atoms with van der Waals surface area (Å²) >= 11 is 0. The Morgan fingerprint density at radius 1 is 0.931 bits per heavy atom. The van der Waals surface area contributed by atoms with Crippen LogP contribution in [0.15, 0.2) is 54.7 Å². The van der Waals surface area contributed by atoms with Crippen molar-refractivity contribution in [2.45, 2.75) is 6.54 Å². The Hall–Kier alpha value is -3.81. The van der Waals surface area contributed by atoms with E-state index in [4.69, 9.17) is 14.2 Å². The molecule has 8 heteroatoms. The molecule has 0 saturated heterocycles. The Morgan fingerprint density at radius 3 is 2.45 bits per heavy atom. The zero-order chi connectivity index (χ0) is 20.6. The summed E-state index contributed by atoms with van der Waals surface area (Å²) in [6.45, 7) is 0.318. The number of carbonyl (C=O) groups is 1. The minimum absolute atomic E-state index is 0.248. The summed E-state index contributed by atoms with van der Waals surface area (Å²) in [5.41, 5.74) is 1.83. The van der Waals surface area contributed by atoms with E-state index >= 15 is 0 Å². The lowest BCUT2D eigenvalue weighted by Gasteiger charge is -2.11. The number of rotatable bonds is 8. The van der Waals surface area contributed by atoms with Gasteiger partial charge in [-0.2, -0.15) is 0 Å². The fourth-order valence-electron chi connectivity index (χ4n) is 2.68. The van der Waals surface area contributed by atoms with Crippen molar-refractivity contribution in [3.63, 3.8) is 0 Å². The Bertz CT molecular complexity index is 994. The zero-order valence-corrected chi connectivity index (χ0v) is 16.4. The standard InChI is InChI=1S/C21H22N4O4/c1-27-17-7-5-4-6-15(17)24-21-22-11-10-16(25-21)20(26)23-13-14-8-9-18(28-2)19(12-14)29-3/h4-12H,13H2,1-3H3,(H,23,26)(H,22,24,25). The van der Waals surface area contributed by atoms with Crippen LogP contribution in [0.4, 0.5) is 11.6 Å². The van der Waals surface area contributed by atoms with Crippen LogP contribution < -0.4 is 24.8 Å². The van der Waals surface area contributed by atoms with E-state index < -0.39 is 0 Å². The SMILES string of the molecule is COc1ccccc1Nc1nccc(C(=O)NCc2ccc(OC)c(OC)c2)n1. The number of hydrogen-bond acceptors (Lipinski definition) is 7. The maximum Gasteiger partial charge on any atom is 0.270 e. The second kappa shape index (κ2) is 9.41. The quantitative estimate of drug-likeness (QED) is 0.606. The third-order valence-electron chi connectivity index (χ3n) is 4.14. The van der Waals surface area contributed by atoms with E-state index in [1.807, 2.05) is 36.4 Å². The molecule has 0 atom stereocenters. The topological polar surface area (TPSA) is 94.6 Å². The highest BCUT2D eigenvalue weighted by molar-refractivity contribution is 5.92. The van der Waals surface area contributed by atoms with Crippen LogP contribution >= 0.6 is 0 Å². The van der Waals surface area contributed by atoms with Gasteiger partial charge in [0, 0.05) is 12.7 Å². The van der Waals surface area contributed by atoms with Crippen LogP contribution in [0.3, 0.4) is 0 Å². The summed E-state index contributed by atoms with van der Waals surface area (Å²) < 4.78 is 15.8. The molecule has 0 aliphatic carbocycles. The molecule has 3 rings (SSSR count). The average molecular weight is 394 g/mol. The van der Waals surface area contributed by atoms with Crippen molar-refractivity contribution >= 4 is 17.5 Å². The van der Waals surface area contributed by atoms with Crippen molar-refractivity contribution < 1.29 is 19.0 Å². The van der Waals surface area contributed by atoms with Gasteiger partial charge in [-0.1, -0.05) is 18.2 Å². The molecule has 0 fully saturated rings. The molecule has 2 N–H and O–H groups in total. The number of benzene rings is 2. The molecule has 0 spiro atoms. The van der Waals surface area contributed by atoms with Gasteiger partial charge in [-0.3, -0.25) is 4.79 Å². The summed E-state index contributed by atoms with van der Waals surface area (Å²) in [6.07, 6.45) is 1.52. The van der Waals surface area contributed by atoms with Crippen LogP contribution in [-0.2, 0) is 6.54 Å². The molecule has 2 aromatic carbocycles. The predicted octanol–water partition coefficient (Wildman–Crippen LogP) is 3.18. The van der Waals surface area contributed by atoms with Gasteiger partial charge in [-0.05, 0) is 35.9 Å². The van der Waals surface area contributed by atoms with E-state index in [0.29, 0.717) is 35.4 Å². The molecule has 150 valence electrons. The number of amides is 1. The molecule has 3 aromatic rings. The highest BCUT2D eigenvalue weighted by atomic mass is 16.5. The van der Waals surface area contributed by atoms with E-state index in [9.17, 15) is 4.79 Å². The third-order valence-corrected chi connectivity index (χ3v) is 4.14. The van der Waals surface area contributed by atoms with Gasteiger partial charge in [0.1, 0.15) is 11.4 Å². The normalized spacial score (nSPS) is 10.2. The van der Waals surface area contributed by atoms with Crippen LogP contribution in [-0.4, -0.2) is 37.2 Å². The number of ether oxygens (including phenoxy) is 3.